The summed E-state index contributed by atoms with van der Waals surface area (Å²) >= 11 is 0. The molecule has 0 heterocycles. The van der Waals surface area contributed by atoms with Crippen LogP contribution in [0.1, 0.15) is 18.1 Å². The Kier molecular flexibility index (Phi) is 7.18. The van der Waals surface area contributed by atoms with Crippen molar-refractivity contribution in [3.8, 4) is 0 Å². The zero-order valence-corrected chi connectivity index (χ0v) is 14.0. The van der Waals surface area contributed by atoms with E-state index in [2.05, 4.69) is 15.8 Å². The Labute approximate surface area is 146 Å². The van der Waals surface area contributed by atoms with Gasteiger partial charge in [0.25, 0.3) is 5.91 Å². The normalized spacial score (nSPS) is 11.7. The summed E-state index contributed by atoms with van der Waals surface area (Å²) in [5.41, 5.74) is 4.24. The second-order valence-electron chi connectivity index (χ2n) is 5.25. The maximum atomic E-state index is 12.4. The van der Waals surface area contributed by atoms with Gasteiger partial charge in [-0.3, -0.25) is 4.79 Å². The van der Waals surface area contributed by atoms with Crippen LogP contribution < -0.4 is 10.7 Å². The molecule has 0 aromatic heterocycles. The number of hydrazone groups is 1. The number of hydrogen-bond donors (Lipinski definition) is 2. The number of carbonyl (C=O) groups excluding carboxylic acids is 2. The van der Waals surface area contributed by atoms with E-state index in [4.69, 9.17) is 4.74 Å². The van der Waals surface area contributed by atoms with Crippen LogP contribution in [0.15, 0.2) is 65.8 Å². The van der Waals surface area contributed by atoms with E-state index in [1.807, 2.05) is 60.7 Å². The Bertz CT molecular complexity index is 702. The highest BCUT2D eigenvalue weighted by Crippen LogP contribution is 2.04. The van der Waals surface area contributed by atoms with Gasteiger partial charge in [-0.1, -0.05) is 60.7 Å². The maximum absolute atomic E-state index is 12.4. The summed E-state index contributed by atoms with van der Waals surface area (Å²) in [5.74, 6) is -0.413. The predicted molar refractivity (Wildman–Crippen MR) is 96.3 cm³/mol. The molecule has 130 valence electrons. The smallest absolute Gasteiger partial charge is 0.407 e. The van der Waals surface area contributed by atoms with E-state index in [-0.39, 0.29) is 6.61 Å². The third kappa shape index (κ3) is 6.47. The standard InChI is InChI=1S/C19H21N3O3/c1-2-25-19(24)21-17(13-15-9-5-3-6-10-15)18(23)22-20-14-16-11-7-4-8-12-16/h3-12,14,17H,2,13H2,1H3,(H,21,24)(H,22,23)/b20-14-/t17-/m0/s1. The zero-order chi connectivity index (χ0) is 17.9. The Morgan fingerprint density at radius 1 is 1.08 bits per heavy atom. The van der Waals surface area contributed by atoms with Gasteiger partial charge < -0.3 is 10.1 Å². The van der Waals surface area contributed by atoms with Crippen LogP contribution in [0, 0.1) is 0 Å². The summed E-state index contributed by atoms with van der Waals surface area (Å²) in [6.45, 7) is 1.94. The quantitative estimate of drug-likeness (QED) is 0.601. The molecule has 2 rings (SSSR count). The minimum atomic E-state index is -0.783. The highest BCUT2D eigenvalue weighted by molar-refractivity contribution is 5.87. The molecule has 0 saturated heterocycles. The largest absolute Gasteiger partial charge is 0.450 e. The van der Waals surface area contributed by atoms with Crippen LogP contribution >= 0.6 is 0 Å². The number of carbonyl (C=O) groups is 2. The molecule has 2 aromatic rings. The monoisotopic (exact) mass is 339 g/mol. The minimum absolute atomic E-state index is 0.234. The second kappa shape index (κ2) is 9.87. The fraction of sp³-hybridized carbons (Fsp3) is 0.211. The number of benzene rings is 2. The Hall–Kier alpha value is -3.15. The average Bonchev–Trinajstić information content (AvgIpc) is 2.63. The van der Waals surface area contributed by atoms with Crippen LogP contribution in [0.2, 0.25) is 0 Å². The van der Waals surface area contributed by atoms with Gasteiger partial charge in [-0.25, -0.2) is 10.2 Å². The van der Waals surface area contributed by atoms with Gasteiger partial charge in [0, 0.05) is 6.42 Å². The molecule has 6 nitrogen and oxygen atoms in total. The lowest BCUT2D eigenvalue weighted by molar-refractivity contribution is -0.123. The van der Waals surface area contributed by atoms with Crippen LogP contribution in [-0.4, -0.2) is 30.9 Å². The van der Waals surface area contributed by atoms with Crippen molar-refractivity contribution in [2.24, 2.45) is 5.10 Å². The Morgan fingerprint density at radius 2 is 1.72 bits per heavy atom. The van der Waals surface area contributed by atoms with Crippen LogP contribution in [0.5, 0.6) is 0 Å². The lowest BCUT2D eigenvalue weighted by Gasteiger charge is -2.16. The number of ether oxygens (including phenoxy) is 1. The molecule has 2 amide bonds. The first kappa shape index (κ1) is 18.2. The SMILES string of the molecule is CCOC(=O)N[C@@H](Cc1ccccc1)C(=O)N/N=C\c1ccccc1. The van der Waals surface area contributed by atoms with Crippen molar-refractivity contribution in [1.82, 2.24) is 10.7 Å². The number of rotatable bonds is 7. The van der Waals surface area contributed by atoms with Crippen molar-refractivity contribution in [3.05, 3.63) is 71.8 Å². The highest BCUT2D eigenvalue weighted by atomic mass is 16.5. The maximum Gasteiger partial charge on any atom is 0.407 e. The van der Waals surface area contributed by atoms with Crippen LogP contribution in [-0.2, 0) is 16.0 Å². The lowest BCUT2D eigenvalue weighted by atomic mass is 10.1. The van der Waals surface area contributed by atoms with Gasteiger partial charge >= 0.3 is 6.09 Å². The molecule has 0 saturated carbocycles. The Balaban J connectivity index is 2.01. The van der Waals surface area contributed by atoms with Crippen LogP contribution in [0.4, 0.5) is 4.79 Å². The van der Waals surface area contributed by atoms with Gasteiger partial charge in [0.1, 0.15) is 6.04 Å². The molecule has 2 aromatic carbocycles. The van der Waals surface area contributed by atoms with E-state index in [1.54, 1.807) is 13.1 Å². The van der Waals surface area contributed by atoms with Gasteiger partial charge in [0.05, 0.1) is 12.8 Å². The van der Waals surface area contributed by atoms with Crippen molar-refractivity contribution < 1.29 is 14.3 Å². The fourth-order valence-corrected chi connectivity index (χ4v) is 2.16. The number of nitrogens with zero attached hydrogens (tertiary/aromatic N) is 1. The first-order chi connectivity index (χ1) is 12.2. The van der Waals surface area contributed by atoms with Gasteiger partial charge in [0.15, 0.2) is 0 Å². The number of amides is 2. The van der Waals surface area contributed by atoms with E-state index >= 15 is 0 Å². The highest BCUT2D eigenvalue weighted by Gasteiger charge is 2.21. The molecule has 2 N–H and O–H groups in total. The molecule has 0 radical (unpaired) electrons. The molecular weight excluding hydrogens is 318 g/mol. The molecule has 0 unspecified atom stereocenters. The van der Waals surface area contributed by atoms with E-state index < -0.39 is 18.0 Å². The molecular formula is C19H21N3O3. The van der Waals surface area contributed by atoms with Gasteiger partial charge in [0.2, 0.25) is 0 Å². The van der Waals surface area contributed by atoms with Gasteiger partial charge in [-0.2, -0.15) is 5.10 Å². The topological polar surface area (TPSA) is 79.8 Å². The fourth-order valence-electron chi connectivity index (χ4n) is 2.16. The molecule has 0 fully saturated rings. The molecule has 0 bridgehead atoms. The summed E-state index contributed by atoms with van der Waals surface area (Å²) in [6.07, 6.45) is 1.25. The second-order valence-corrected chi connectivity index (χ2v) is 5.25. The molecule has 1 atom stereocenters. The van der Waals surface area contributed by atoms with E-state index in [0.29, 0.717) is 6.42 Å². The number of alkyl carbamates (subject to hydrolysis) is 1. The molecule has 0 aliphatic heterocycles. The van der Waals surface area contributed by atoms with Crippen molar-refractivity contribution in [3.63, 3.8) is 0 Å². The Morgan fingerprint density at radius 3 is 2.36 bits per heavy atom. The van der Waals surface area contributed by atoms with Gasteiger partial charge in [-0.15, -0.1) is 0 Å². The summed E-state index contributed by atoms with van der Waals surface area (Å²) in [6, 6.07) is 18.0. The van der Waals surface area contributed by atoms with Crippen molar-refractivity contribution in [2.75, 3.05) is 6.61 Å². The van der Waals surface area contributed by atoms with Crippen molar-refractivity contribution in [2.45, 2.75) is 19.4 Å². The van der Waals surface area contributed by atoms with E-state index in [1.165, 1.54) is 0 Å². The minimum Gasteiger partial charge on any atom is -0.450 e. The summed E-state index contributed by atoms with van der Waals surface area (Å²) in [4.78, 5) is 24.1. The first-order valence-corrected chi connectivity index (χ1v) is 8.04. The molecule has 0 aliphatic rings. The van der Waals surface area contributed by atoms with Gasteiger partial charge in [-0.05, 0) is 18.1 Å². The third-order valence-corrected chi connectivity index (χ3v) is 3.35. The lowest BCUT2D eigenvalue weighted by Crippen LogP contribution is -2.47. The molecule has 6 heteroatoms. The van der Waals surface area contributed by atoms with E-state index in [0.717, 1.165) is 11.1 Å². The van der Waals surface area contributed by atoms with Crippen molar-refractivity contribution in [1.29, 1.82) is 0 Å². The average molecular weight is 339 g/mol. The predicted octanol–water partition coefficient (Wildman–Crippen LogP) is 2.49. The zero-order valence-electron chi connectivity index (χ0n) is 14.0. The number of hydrogen-bond acceptors (Lipinski definition) is 4. The van der Waals surface area contributed by atoms with Crippen LogP contribution in [0.25, 0.3) is 0 Å². The summed E-state index contributed by atoms with van der Waals surface area (Å²) in [5, 5.41) is 6.51. The van der Waals surface area contributed by atoms with Crippen molar-refractivity contribution >= 4 is 18.2 Å². The third-order valence-electron chi connectivity index (χ3n) is 3.35. The summed E-state index contributed by atoms with van der Waals surface area (Å²) < 4.78 is 4.87. The van der Waals surface area contributed by atoms with E-state index in [9.17, 15) is 9.59 Å². The molecule has 25 heavy (non-hydrogen) atoms. The number of nitrogens with one attached hydrogen (secondary N) is 2. The molecule has 0 spiro atoms. The van der Waals surface area contributed by atoms with Crippen LogP contribution in [0.3, 0.4) is 0 Å². The molecule has 0 aliphatic carbocycles. The first-order valence-electron chi connectivity index (χ1n) is 8.04. The summed E-state index contributed by atoms with van der Waals surface area (Å²) in [7, 11) is 0.